The summed E-state index contributed by atoms with van der Waals surface area (Å²) in [6, 6.07) is 0. The molecular weight excluding hydrogens is 857 g/mol. The van der Waals surface area contributed by atoms with Gasteiger partial charge in [0.25, 0.3) is 0 Å². The minimum Gasteiger partial charge on any atom is -0.394 e. The molecule has 3 aliphatic rings. The number of aliphatic hydroxyl groups excluding tert-OH is 3. The highest BCUT2D eigenvalue weighted by Gasteiger charge is 2.56. The van der Waals surface area contributed by atoms with Gasteiger partial charge in [0, 0.05) is 52.9 Å². The molecule has 6 unspecified atom stereocenters. The smallest absolute Gasteiger partial charge is 0.187 e. The van der Waals surface area contributed by atoms with Crippen molar-refractivity contribution in [3.8, 4) is 0 Å². The summed E-state index contributed by atoms with van der Waals surface area (Å²) in [5.41, 5.74) is 0. The first-order chi connectivity index (χ1) is 32.3. The number of hydrogen-bond acceptors (Lipinski definition) is 16. The number of aliphatic hydroxyl groups is 3. The van der Waals surface area contributed by atoms with Gasteiger partial charge in [0.05, 0.1) is 19.8 Å². The van der Waals surface area contributed by atoms with Crippen LogP contribution < -0.4 is 0 Å². The lowest BCUT2D eigenvalue weighted by Crippen LogP contribution is -2.68. The van der Waals surface area contributed by atoms with Crippen molar-refractivity contribution in [2.24, 2.45) is 0 Å². The fourth-order valence-electron chi connectivity index (χ4n) is 8.15. The molecule has 0 bridgehead atoms. The third-order valence-corrected chi connectivity index (χ3v) is 12.3. The molecule has 3 heterocycles. The lowest BCUT2D eigenvalue weighted by Gasteiger charge is -2.51. The Bertz CT molecular complexity index is 1140. The monoisotopic (exact) mass is 953 g/mol. The predicted molar refractivity (Wildman–Crippen MR) is 250 cm³/mol. The standard InChI is InChI=1S/C50H96O16/c1-9-17-25-54-34-37-40(56-27-19-11-3)43(58-29-21-13-5)39(52)49(63-37)65-42-36(33-51)62-48(53)46(60-31-23-15-7)45(42)66-50-47(61-32-24-16-8)44(59-30-22-14-6)41(57-28-20-12-4)38(64-50)35-55-26-18-10-2/h36-53H,9-35H2,1-8H3/t36?,37?,38?,39?,40-,41-,42-,43-,44?,45+,46?,47+,48+,49+,50+/m1/s1. The van der Waals surface area contributed by atoms with Gasteiger partial charge in [0.15, 0.2) is 18.9 Å². The van der Waals surface area contributed by atoms with Crippen LogP contribution in [0.5, 0.6) is 0 Å². The van der Waals surface area contributed by atoms with Crippen molar-refractivity contribution in [3.05, 3.63) is 0 Å². The van der Waals surface area contributed by atoms with E-state index in [4.69, 9.17) is 61.6 Å². The van der Waals surface area contributed by atoms with Crippen molar-refractivity contribution in [3.63, 3.8) is 0 Å². The summed E-state index contributed by atoms with van der Waals surface area (Å²) >= 11 is 0. The van der Waals surface area contributed by atoms with E-state index in [1.807, 2.05) is 0 Å². The van der Waals surface area contributed by atoms with Gasteiger partial charge in [-0.2, -0.15) is 0 Å². The number of hydrogen-bond donors (Lipinski definition) is 3. The highest BCUT2D eigenvalue weighted by molar-refractivity contribution is 4.99. The maximum Gasteiger partial charge on any atom is 0.187 e. The second kappa shape index (κ2) is 36.3. The van der Waals surface area contributed by atoms with Crippen molar-refractivity contribution in [1.29, 1.82) is 0 Å². The first-order valence-electron chi connectivity index (χ1n) is 26.4. The van der Waals surface area contributed by atoms with Crippen LogP contribution in [0.2, 0.25) is 0 Å². The molecule has 3 N–H and O–H groups in total. The zero-order chi connectivity index (χ0) is 47.9. The van der Waals surface area contributed by atoms with E-state index in [2.05, 4.69) is 55.4 Å². The van der Waals surface area contributed by atoms with E-state index in [-0.39, 0.29) is 19.8 Å². The Kier molecular flexibility index (Phi) is 32.8. The molecular formula is C50H96O16. The van der Waals surface area contributed by atoms with E-state index >= 15 is 0 Å². The molecule has 16 heteroatoms. The van der Waals surface area contributed by atoms with Gasteiger partial charge in [-0.15, -0.1) is 0 Å². The summed E-state index contributed by atoms with van der Waals surface area (Å²) in [7, 11) is 0. The van der Waals surface area contributed by atoms with Crippen LogP contribution in [0.4, 0.5) is 0 Å². The Labute approximate surface area is 398 Å². The molecule has 0 amide bonds. The molecule has 392 valence electrons. The second-order valence-corrected chi connectivity index (χ2v) is 18.0. The summed E-state index contributed by atoms with van der Waals surface area (Å²) < 4.78 is 85.4. The summed E-state index contributed by atoms with van der Waals surface area (Å²) in [4.78, 5) is 0. The fourth-order valence-corrected chi connectivity index (χ4v) is 8.15. The van der Waals surface area contributed by atoms with Gasteiger partial charge in [0.2, 0.25) is 0 Å². The largest absolute Gasteiger partial charge is 0.394 e. The second-order valence-electron chi connectivity index (χ2n) is 18.0. The molecule has 0 radical (unpaired) electrons. The number of unbranched alkanes of at least 4 members (excludes halogenated alkanes) is 8. The number of ether oxygens (including phenoxy) is 13. The third-order valence-electron chi connectivity index (χ3n) is 12.3. The summed E-state index contributed by atoms with van der Waals surface area (Å²) in [5, 5.41) is 34.9. The minimum absolute atomic E-state index is 0.179. The topological polar surface area (TPSA) is 181 Å². The highest BCUT2D eigenvalue weighted by Crippen LogP contribution is 2.37. The van der Waals surface area contributed by atoms with E-state index in [0.717, 1.165) is 96.3 Å². The van der Waals surface area contributed by atoms with Crippen LogP contribution in [0.3, 0.4) is 0 Å². The van der Waals surface area contributed by atoms with E-state index in [9.17, 15) is 15.3 Å². The average molecular weight is 953 g/mol. The molecule has 0 aromatic carbocycles. The fraction of sp³-hybridized carbons (Fsp3) is 1.00. The van der Waals surface area contributed by atoms with Gasteiger partial charge >= 0.3 is 0 Å². The van der Waals surface area contributed by atoms with Crippen molar-refractivity contribution < 1.29 is 76.9 Å². The van der Waals surface area contributed by atoms with E-state index < -0.39 is 98.7 Å². The molecule has 0 spiro atoms. The average Bonchev–Trinajstić information content (AvgIpc) is 3.31. The van der Waals surface area contributed by atoms with Crippen LogP contribution in [0.15, 0.2) is 0 Å². The van der Waals surface area contributed by atoms with Crippen molar-refractivity contribution in [2.75, 3.05) is 72.7 Å². The maximum absolute atomic E-state index is 12.2. The van der Waals surface area contributed by atoms with Crippen LogP contribution in [0.25, 0.3) is 0 Å². The Morgan fingerprint density at radius 3 is 1.17 bits per heavy atom. The molecule has 0 aliphatic carbocycles. The van der Waals surface area contributed by atoms with Crippen LogP contribution in [0, 0.1) is 0 Å². The summed E-state index contributed by atoms with van der Waals surface area (Å²) in [5.74, 6) is 0. The van der Waals surface area contributed by atoms with Gasteiger partial charge in [0.1, 0.15) is 73.2 Å². The van der Waals surface area contributed by atoms with Gasteiger partial charge in [-0.3, -0.25) is 0 Å². The van der Waals surface area contributed by atoms with Crippen LogP contribution in [-0.4, -0.2) is 180 Å². The zero-order valence-corrected chi connectivity index (χ0v) is 42.4. The Morgan fingerprint density at radius 2 is 0.712 bits per heavy atom. The molecule has 0 aromatic rings. The summed E-state index contributed by atoms with van der Waals surface area (Å²) in [6.45, 7) is 20.3. The molecule has 3 fully saturated rings. The maximum atomic E-state index is 12.2. The first kappa shape index (κ1) is 59.7. The first-order valence-corrected chi connectivity index (χ1v) is 26.4. The zero-order valence-electron chi connectivity index (χ0n) is 42.4. The van der Waals surface area contributed by atoms with E-state index in [1.165, 1.54) is 0 Å². The Hall–Kier alpha value is -0.640. The third kappa shape index (κ3) is 19.9. The van der Waals surface area contributed by atoms with E-state index in [1.54, 1.807) is 0 Å². The van der Waals surface area contributed by atoms with Gasteiger partial charge in [-0.1, -0.05) is 107 Å². The van der Waals surface area contributed by atoms with Gasteiger partial charge in [-0.05, 0) is 51.4 Å². The lowest BCUT2D eigenvalue weighted by molar-refractivity contribution is -0.392. The predicted octanol–water partition coefficient (Wildman–Crippen LogP) is 7.02. The molecule has 3 rings (SSSR count). The Morgan fingerprint density at radius 1 is 0.348 bits per heavy atom. The molecule has 16 nitrogen and oxygen atoms in total. The normalized spacial score (nSPS) is 32.9. The number of rotatable bonds is 39. The van der Waals surface area contributed by atoms with Crippen molar-refractivity contribution in [2.45, 2.75) is 250 Å². The molecule has 3 aliphatic heterocycles. The SMILES string of the molecule is CCCCOCC1O[C@@H](O[C@@H]2C(OCCCC)[C@@H](O)OC(CO)[C@H]2O[C@@H]2OC(COCCCC)[C@@H](OCCCC)[C@H](OCCCC)C2O)[C@@H](OCCCC)C(OCCCC)[C@@H]1OCCCC. The minimum atomic E-state index is -1.51. The molecule has 15 atom stereocenters. The van der Waals surface area contributed by atoms with E-state index in [0.29, 0.717) is 52.7 Å². The van der Waals surface area contributed by atoms with Gasteiger partial charge in [-0.25, -0.2) is 0 Å². The molecule has 66 heavy (non-hydrogen) atoms. The quantitative estimate of drug-likeness (QED) is 0.0535. The molecule has 3 saturated heterocycles. The van der Waals surface area contributed by atoms with Crippen LogP contribution in [-0.2, 0) is 61.6 Å². The van der Waals surface area contributed by atoms with Gasteiger partial charge < -0.3 is 76.9 Å². The Balaban J connectivity index is 2.15. The molecule has 0 saturated carbocycles. The van der Waals surface area contributed by atoms with Crippen molar-refractivity contribution >= 4 is 0 Å². The summed E-state index contributed by atoms with van der Waals surface area (Å²) in [6.07, 6.45) is -0.536. The lowest BCUT2D eigenvalue weighted by atomic mass is 9.95. The molecule has 0 aromatic heterocycles. The van der Waals surface area contributed by atoms with Crippen LogP contribution >= 0.6 is 0 Å². The van der Waals surface area contributed by atoms with Crippen molar-refractivity contribution in [1.82, 2.24) is 0 Å². The highest BCUT2D eigenvalue weighted by atomic mass is 16.8. The van der Waals surface area contributed by atoms with Crippen LogP contribution in [0.1, 0.15) is 158 Å².